The fourth-order valence-electron chi connectivity index (χ4n) is 2.60. The van der Waals surface area contributed by atoms with E-state index < -0.39 is 0 Å². The molecule has 1 N–H and O–H groups in total. The first-order chi connectivity index (χ1) is 11.3. The van der Waals surface area contributed by atoms with Crippen molar-refractivity contribution in [2.45, 2.75) is 12.5 Å². The van der Waals surface area contributed by atoms with E-state index >= 15 is 0 Å². The van der Waals surface area contributed by atoms with Crippen molar-refractivity contribution in [3.05, 3.63) is 102 Å². The third-order valence-electron chi connectivity index (χ3n) is 3.76. The van der Waals surface area contributed by atoms with Crippen LogP contribution in [0, 0.1) is 0 Å². The lowest BCUT2D eigenvalue weighted by Gasteiger charge is -2.19. The van der Waals surface area contributed by atoms with Gasteiger partial charge in [-0.25, -0.2) is 0 Å². The summed E-state index contributed by atoms with van der Waals surface area (Å²) in [6.07, 6.45) is 0.417. The Morgan fingerprint density at radius 1 is 0.739 bits per heavy atom. The second-order valence-electron chi connectivity index (χ2n) is 5.48. The molecule has 0 aliphatic carbocycles. The van der Waals surface area contributed by atoms with Gasteiger partial charge in [0.25, 0.3) is 0 Å². The minimum Gasteiger partial charge on any atom is -0.372 e. The summed E-state index contributed by atoms with van der Waals surface area (Å²) < 4.78 is 0. The molecule has 0 aliphatic rings. The molecule has 0 spiro atoms. The number of nitrogens with one attached hydrogen (secondary N) is 1. The minimum absolute atomic E-state index is 0.159. The molecule has 0 aromatic heterocycles. The summed E-state index contributed by atoms with van der Waals surface area (Å²) in [6, 6.07) is 29.2. The van der Waals surface area contributed by atoms with Gasteiger partial charge < -0.3 is 5.32 Å². The van der Waals surface area contributed by atoms with Crippen molar-refractivity contribution in [3.63, 3.8) is 0 Å². The molecule has 0 unspecified atom stereocenters. The first-order valence-electron chi connectivity index (χ1n) is 7.76. The number of benzene rings is 3. The second kappa shape index (κ2) is 7.41. The van der Waals surface area contributed by atoms with Gasteiger partial charge in [-0.05, 0) is 23.3 Å². The van der Waals surface area contributed by atoms with E-state index in [0.29, 0.717) is 6.42 Å². The normalized spacial score (nSPS) is 11.7. The molecule has 0 fully saturated rings. The summed E-state index contributed by atoms with van der Waals surface area (Å²) >= 11 is 0. The van der Waals surface area contributed by atoms with E-state index in [1.807, 2.05) is 91.0 Å². The quantitative estimate of drug-likeness (QED) is 0.718. The standard InChI is InChI=1S/C21H19NO/c23-20(16-17-10-4-1-5-11-17)21(18-12-6-2-7-13-18)22-19-14-8-3-9-15-19/h1-15,21-22H,16H2/t21-/m1/s1. The minimum atomic E-state index is -0.348. The van der Waals surface area contributed by atoms with E-state index in [-0.39, 0.29) is 11.8 Å². The van der Waals surface area contributed by atoms with Crippen molar-refractivity contribution in [2.75, 3.05) is 5.32 Å². The highest BCUT2D eigenvalue weighted by atomic mass is 16.1. The first kappa shape index (κ1) is 15.0. The Labute approximate surface area is 136 Å². The van der Waals surface area contributed by atoms with Crippen LogP contribution >= 0.6 is 0 Å². The number of hydrogen-bond acceptors (Lipinski definition) is 2. The molecule has 2 nitrogen and oxygen atoms in total. The lowest BCUT2D eigenvalue weighted by atomic mass is 9.97. The number of rotatable bonds is 6. The number of hydrogen-bond donors (Lipinski definition) is 1. The Morgan fingerprint density at radius 3 is 1.87 bits per heavy atom. The Balaban J connectivity index is 1.84. The fourth-order valence-corrected chi connectivity index (χ4v) is 2.60. The fraction of sp³-hybridized carbons (Fsp3) is 0.0952. The van der Waals surface area contributed by atoms with E-state index in [0.717, 1.165) is 16.8 Å². The lowest BCUT2D eigenvalue weighted by molar-refractivity contribution is -0.119. The molecule has 1 atom stereocenters. The molecule has 0 heterocycles. The summed E-state index contributed by atoms with van der Waals surface area (Å²) in [6.45, 7) is 0. The molecule has 3 aromatic carbocycles. The third-order valence-corrected chi connectivity index (χ3v) is 3.76. The largest absolute Gasteiger partial charge is 0.372 e. The monoisotopic (exact) mass is 301 g/mol. The molecule has 23 heavy (non-hydrogen) atoms. The van der Waals surface area contributed by atoms with Gasteiger partial charge in [0.15, 0.2) is 5.78 Å². The molecule has 3 aromatic rings. The maximum absolute atomic E-state index is 12.9. The number of anilines is 1. The summed E-state index contributed by atoms with van der Waals surface area (Å²) in [4.78, 5) is 12.9. The smallest absolute Gasteiger partial charge is 0.163 e. The predicted octanol–water partition coefficient (Wildman–Crippen LogP) is 4.65. The topological polar surface area (TPSA) is 29.1 Å². The lowest BCUT2D eigenvalue weighted by Crippen LogP contribution is -2.22. The van der Waals surface area contributed by atoms with Gasteiger partial charge in [0, 0.05) is 12.1 Å². The van der Waals surface area contributed by atoms with Crippen LogP contribution in [0.5, 0.6) is 0 Å². The molecule has 0 saturated carbocycles. The van der Waals surface area contributed by atoms with Crippen LogP contribution in [-0.2, 0) is 11.2 Å². The van der Waals surface area contributed by atoms with Gasteiger partial charge >= 0.3 is 0 Å². The number of Topliss-reactive ketones (excluding diaryl/α,β-unsaturated/α-hetero) is 1. The van der Waals surface area contributed by atoms with Crippen molar-refractivity contribution in [1.29, 1.82) is 0 Å². The van der Waals surface area contributed by atoms with Crippen LogP contribution in [0.1, 0.15) is 17.2 Å². The predicted molar refractivity (Wildman–Crippen MR) is 94.4 cm³/mol. The highest BCUT2D eigenvalue weighted by molar-refractivity contribution is 5.89. The number of carbonyl (C=O) groups is 1. The van der Waals surface area contributed by atoms with Crippen LogP contribution < -0.4 is 5.32 Å². The maximum atomic E-state index is 12.9. The van der Waals surface area contributed by atoms with Gasteiger partial charge in [0.05, 0.1) is 0 Å². The zero-order chi connectivity index (χ0) is 15.9. The molecule has 3 rings (SSSR count). The van der Waals surface area contributed by atoms with Gasteiger partial charge in [-0.3, -0.25) is 4.79 Å². The van der Waals surface area contributed by atoms with Gasteiger partial charge in [0.2, 0.25) is 0 Å². The Morgan fingerprint density at radius 2 is 1.26 bits per heavy atom. The highest BCUT2D eigenvalue weighted by Gasteiger charge is 2.20. The Hall–Kier alpha value is -2.87. The molecule has 0 saturated heterocycles. The number of ketones is 1. The average molecular weight is 301 g/mol. The van der Waals surface area contributed by atoms with Crippen LogP contribution in [0.15, 0.2) is 91.0 Å². The van der Waals surface area contributed by atoms with E-state index in [2.05, 4.69) is 5.32 Å². The highest BCUT2D eigenvalue weighted by Crippen LogP contribution is 2.22. The summed E-state index contributed by atoms with van der Waals surface area (Å²) in [5.41, 5.74) is 2.97. The average Bonchev–Trinajstić information content (AvgIpc) is 2.62. The summed E-state index contributed by atoms with van der Waals surface area (Å²) in [7, 11) is 0. The molecule has 0 aliphatic heterocycles. The van der Waals surface area contributed by atoms with Crippen molar-refractivity contribution >= 4 is 11.5 Å². The van der Waals surface area contributed by atoms with Crippen LogP contribution in [0.2, 0.25) is 0 Å². The van der Waals surface area contributed by atoms with Crippen molar-refractivity contribution in [2.24, 2.45) is 0 Å². The second-order valence-corrected chi connectivity index (χ2v) is 5.48. The third kappa shape index (κ3) is 4.07. The van der Waals surface area contributed by atoms with Gasteiger partial charge in [-0.15, -0.1) is 0 Å². The van der Waals surface area contributed by atoms with Crippen LogP contribution in [0.25, 0.3) is 0 Å². The van der Waals surface area contributed by atoms with Gasteiger partial charge in [-0.1, -0.05) is 78.9 Å². The van der Waals surface area contributed by atoms with Crippen LogP contribution in [0.4, 0.5) is 5.69 Å². The Bertz CT molecular complexity index is 739. The summed E-state index contributed by atoms with van der Waals surface area (Å²) in [5.74, 6) is 0.159. The van der Waals surface area contributed by atoms with Crippen molar-refractivity contribution in [3.8, 4) is 0 Å². The molecule has 0 radical (unpaired) electrons. The van der Waals surface area contributed by atoms with E-state index in [1.165, 1.54) is 0 Å². The van der Waals surface area contributed by atoms with Crippen molar-refractivity contribution in [1.82, 2.24) is 0 Å². The van der Waals surface area contributed by atoms with Crippen molar-refractivity contribution < 1.29 is 4.79 Å². The van der Waals surface area contributed by atoms with E-state index in [9.17, 15) is 4.79 Å². The van der Waals surface area contributed by atoms with Gasteiger partial charge in [-0.2, -0.15) is 0 Å². The maximum Gasteiger partial charge on any atom is 0.163 e. The van der Waals surface area contributed by atoms with Crippen LogP contribution in [-0.4, -0.2) is 5.78 Å². The molecule has 0 bridgehead atoms. The molecule has 114 valence electrons. The summed E-state index contributed by atoms with van der Waals surface area (Å²) in [5, 5.41) is 3.37. The number of para-hydroxylation sites is 1. The number of carbonyl (C=O) groups excluding carboxylic acids is 1. The molecule has 0 amide bonds. The first-order valence-corrected chi connectivity index (χ1v) is 7.76. The van der Waals surface area contributed by atoms with E-state index in [1.54, 1.807) is 0 Å². The molecular formula is C21H19NO. The molecular weight excluding hydrogens is 282 g/mol. The molecule has 2 heteroatoms. The SMILES string of the molecule is O=C(Cc1ccccc1)[C@H](Nc1ccccc1)c1ccccc1. The zero-order valence-corrected chi connectivity index (χ0v) is 12.9. The Kier molecular flexibility index (Phi) is 4.85. The van der Waals surface area contributed by atoms with Crippen LogP contribution in [0.3, 0.4) is 0 Å². The van der Waals surface area contributed by atoms with E-state index in [4.69, 9.17) is 0 Å². The van der Waals surface area contributed by atoms with Gasteiger partial charge in [0.1, 0.15) is 6.04 Å². The zero-order valence-electron chi connectivity index (χ0n) is 12.9.